The largest absolute Gasteiger partial charge is 0.456 e. The molecule has 0 saturated heterocycles. The van der Waals surface area contributed by atoms with Gasteiger partial charge in [0.25, 0.3) is 0 Å². The maximum atomic E-state index is 12.1. The molecule has 2 rings (SSSR count). The summed E-state index contributed by atoms with van der Waals surface area (Å²) in [6.45, 7) is 7.54. The van der Waals surface area contributed by atoms with Crippen molar-refractivity contribution in [2.24, 2.45) is 0 Å². The lowest BCUT2D eigenvalue weighted by molar-refractivity contribution is 0.00693. The first-order valence-corrected chi connectivity index (χ1v) is 6.92. The van der Waals surface area contributed by atoms with Crippen molar-refractivity contribution in [2.75, 3.05) is 20.1 Å². The van der Waals surface area contributed by atoms with Crippen molar-refractivity contribution in [3.63, 3.8) is 0 Å². The zero-order valence-electron chi connectivity index (χ0n) is 12.6. The Labute approximate surface area is 120 Å². The van der Waals surface area contributed by atoms with Crippen LogP contribution in [0.2, 0.25) is 0 Å². The van der Waals surface area contributed by atoms with Crippen LogP contribution in [0.1, 0.15) is 43.2 Å². The molecule has 0 aromatic carbocycles. The lowest BCUT2D eigenvalue weighted by atomic mass is 10.0. The van der Waals surface area contributed by atoms with Crippen LogP contribution in [0.5, 0.6) is 0 Å². The fraction of sp³-hybridized carbons (Fsp3) is 0.500. The standard InChI is InChI=1S/C16H22N2O2/c1-16(2,3)20-15(19)13-5-8-17-14(11-13)12-6-9-18(4)10-7-12/h5-6,8,11H,7,9-10H2,1-4H3. The van der Waals surface area contributed by atoms with Crippen molar-refractivity contribution < 1.29 is 9.53 Å². The molecule has 0 fully saturated rings. The molecule has 20 heavy (non-hydrogen) atoms. The SMILES string of the molecule is CN1CC=C(c2cc(C(=O)OC(C)(C)C)ccn2)CC1. The maximum absolute atomic E-state index is 12.1. The molecule has 0 atom stereocenters. The number of likely N-dealkylation sites (N-methyl/N-ethyl adjacent to an activating group) is 1. The van der Waals surface area contributed by atoms with Crippen molar-refractivity contribution in [1.82, 2.24) is 9.88 Å². The average molecular weight is 274 g/mol. The molecule has 0 unspecified atom stereocenters. The van der Waals surface area contributed by atoms with Gasteiger partial charge in [-0.25, -0.2) is 4.79 Å². The number of aromatic nitrogens is 1. The normalized spacial score (nSPS) is 16.7. The highest BCUT2D eigenvalue weighted by molar-refractivity contribution is 5.90. The third-order valence-electron chi connectivity index (χ3n) is 3.14. The van der Waals surface area contributed by atoms with Crippen LogP contribution in [0.4, 0.5) is 0 Å². The zero-order valence-corrected chi connectivity index (χ0v) is 12.6. The Bertz CT molecular complexity index is 530. The molecule has 1 aliphatic heterocycles. The second kappa shape index (κ2) is 5.75. The number of rotatable bonds is 2. The van der Waals surface area contributed by atoms with Gasteiger partial charge in [-0.05, 0) is 51.9 Å². The molecular weight excluding hydrogens is 252 g/mol. The molecule has 0 amide bonds. The molecule has 1 aromatic heterocycles. The molecule has 2 heterocycles. The number of carbonyl (C=O) groups excluding carboxylic acids is 1. The van der Waals surface area contributed by atoms with Gasteiger partial charge in [0.15, 0.2) is 0 Å². The van der Waals surface area contributed by atoms with Crippen LogP contribution >= 0.6 is 0 Å². The van der Waals surface area contributed by atoms with Crippen molar-refractivity contribution in [3.8, 4) is 0 Å². The molecule has 4 nitrogen and oxygen atoms in total. The van der Waals surface area contributed by atoms with Crippen LogP contribution in [0.3, 0.4) is 0 Å². The third-order valence-corrected chi connectivity index (χ3v) is 3.14. The lowest BCUT2D eigenvalue weighted by Crippen LogP contribution is -2.25. The van der Waals surface area contributed by atoms with E-state index in [4.69, 9.17) is 4.74 Å². The Morgan fingerprint density at radius 2 is 2.15 bits per heavy atom. The number of ether oxygens (including phenoxy) is 1. The van der Waals surface area contributed by atoms with Crippen LogP contribution < -0.4 is 0 Å². The van der Waals surface area contributed by atoms with Gasteiger partial charge in [-0.1, -0.05) is 6.08 Å². The molecule has 0 bridgehead atoms. The number of pyridine rings is 1. The summed E-state index contributed by atoms with van der Waals surface area (Å²) >= 11 is 0. The van der Waals surface area contributed by atoms with Crippen molar-refractivity contribution in [1.29, 1.82) is 0 Å². The van der Waals surface area contributed by atoms with E-state index in [1.807, 2.05) is 26.8 Å². The van der Waals surface area contributed by atoms with E-state index in [0.29, 0.717) is 5.56 Å². The molecule has 4 heteroatoms. The molecule has 0 saturated carbocycles. The minimum absolute atomic E-state index is 0.297. The smallest absolute Gasteiger partial charge is 0.338 e. The van der Waals surface area contributed by atoms with E-state index in [9.17, 15) is 4.79 Å². The first kappa shape index (κ1) is 14.7. The van der Waals surface area contributed by atoms with Crippen molar-refractivity contribution in [3.05, 3.63) is 35.7 Å². The fourth-order valence-corrected chi connectivity index (χ4v) is 2.07. The third kappa shape index (κ3) is 3.90. The zero-order chi connectivity index (χ0) is 14.8. The molecule has 0 radical (unpaired) electrons. The Kier molecular flexibility index (Phi) is 4.23. The van der Waals surface area contributed by atoms with E-state index >= 15 is 0 Å². The van der Waals surface area contributed by atoms with E-state index in [1.165, 1.54) is 5.57 Å². The van der Waals surface area contributed by atoms with Gasteiger partial charge in [-0.2, -0.15) is 0 Å². The summed E-state index contributed by atoms with van der Waals surface area (Å²) in [6, 6.07) is 3.53. The van der Waals surface area contributed by atoms with Gasteiger partial charge in [0.2, 0.25) is 0 Å². The average Bonchev–Trinajstić information content (AvgIpc) is 2.38. The number of hydrogen-bond donors (Lipinski definition) is 0. The Morgan fingerprint density at radius 3 is 2.75 bits per heavy atom. The predicted molar refractivity (Wildman–Crippen MR) is 79.5 cm³/mol. The van der Waals surface area contributed by atoms with Crippen molar-refractivity contribution in [2.45, 2.75) is 32.8 Å². The highest BCUT2D eigenvalue weighted by atomic mass is 16.6. The summed E-state index contributed by atoms with van der Waals surface area (Å²) in [7, 11) is 2.10. The van der Waals surface area contributed by atoms with Gasteiger partial charge < -0.3 is 9.64 Å². The van der Waals surface area contributed by atoms with Gasteiger partial charge in [0.05, 0.1) is 11.3 Å². The van der Waals surface area contributed by atoms with E-state index < -0.39 is 5.60 Å². The Hall–Kier alpha value is -1.68. The van der Waals surface area contributed by atoms with E-state index in [2.05, 4.69) is 23.0 Å². The quantitative estimate of drug-likeness (QED) is 0.778. The highest BCUT2D eigenvalue weighted by Gasteiger charge is 2.19. The number of carbonyl (C=O) groups is 1. The molecule has 1 aromatic rings. The fourth-order valence-electron chi connectivity index (χ4n) is 2.07. The van der Waals surface area contributed by atoms with Crippen LogP contribution in [-0.2, 0) is 4.74 Å². The van der Waals surface area contributed by atoms with Gasteiger partial charge in [0.1, 0.15) is 5.60 Å². The van der Waals surface area contributed by atoms with Gasteiger partial charge in [0, 0.05) is 19.3 Å². The lowest BCUT2D eigenvalue weighted by Gasteiger charge is -2.22. The molecular formula is C16H22N2O2. The molecule has 0 aliphatic carbocycles. The van der Waals surface area contributed by atoms with Crippen molar-refractivity contribution >= 4 is 11.5 Å². The number of hydrogen-bond acceptors (Lipinski definition) is 4. The minimum Gasteiger partial charge on any atom is -0.456 e. The Morgan fingerprint density at radius 1 is 1.40 bits per heavy atom. The molecule has 0 spiro atoms. The summed E-state index contributed by atoms with van der Waals surface area (Å²) in [5.41, 5.74) is 2.16. The maximum Gasteiger partial charge on any atom is 0.338 e. The topological polar surface area (TPSA) is 42.4 Å². The van der Waals surface area contributed by atoms with E-state index in [1.54, 1.807) is 12.3 Å². The highest BCUT2D eigenvalue weighted by Crippen LogP contribution is 2.21. The summed E-state index contributed by atoms with van der Waals surface area (Å²) in [5, 5.41) is 0. The van der Waals surface area contributed by atoms with Gasteiger partial charge in [-0.3, -0.25) is 4.98 Å². The summed E-state index contributed by atoms with van der Waals surface area (Å²) in [4.78, 5) is 18.7. The second-order valence-electron chi connectivity index (χ2n) is 6.17. The summed E-state index contributed by atoms with van der Waals surface area (Å²) in [6.07, 6.45) is 4.81. The van der Waals surface area contributed by atoms with E-state index in [-0.39, 0.29) is 5.97 Å². The summed E-state index contributed by atoms with van der Waals surface area (Å²) in [5.74, 6) is -0.297. The molecule has 1 aliphatic rings. The van der Waals surface area contributed by atoms with Crippen LogP contribution in [0.25, 0.3) is 5.57 Å². The van der Waals surface area contributed by atoms with Gasteiger partial charge >= 0.3 is 5.97 Å². The van der Waals surface area contributed by atoms with Crippen LogP contribution in [0.15, 0.2) is 24.4 Å². The number of nitrogens with zero attached hydrogens (tertiary/aromatic N) is 2. The second-order valence-corrected chi connectivity index (χ2v) is 6.17. The first-order valence-electron chi connectivity index (χ1n) is 6.92. The number of esters is 1. The van der Waals surface area contributed by atoms with Gasteiger partial charge in [-0.15, -0.1) is 0 Å². The molecule has 0 N–H and O–H groups in total. The monoisotopic (exact) mass is 274 g/mol. The molecule has 108 valence electrons. The van der Waals surface area contributed by atoms with Crippen LogP contribution in [0, 0.1) is 0 Å². The predicted octanol–water partition coefficient (Wildman–Crippen LogP) is 2.76. The minimum atomic E-state index is -0.479. The van der Waals surface area contributed by atoms with E-state index in [0.717, 1.165) is 25.2 Å². The Balaban J connectivity index is 2.18. The van der Waals surface area contributed by atoms with Crippen LogP contribution in [-0.4, -0.2) is 41.6 Å². The summed E-state index contributed by atoms with van der Waals surface area (Å²) < 4.78 is 5.39. The first-order chi connectivity index (χ1) is 9.35.